The average Bonchev–Trinajstić information content (AvgIpc) is 3.30. The van der Waals surface area contributed by atoms with Crippen molar-refractivity contribution in [3.05, 3.63) is 59.2 Å². The van der Waals surface area contributed by atoms with Crippen LogP contribution in [0.2, 0.25) is 0 Å². The van der Waals surface area contributed by atoms with Crippen LogP contribution in [0.1, 0.15) is 23.1 Å². The van der Waals surface area contributed by atoms with Gasteiger partial charge in [-0.15, -0.1) is 0 Å². The molecule has 0 spiro atoms. The van der Waals surface area contributed by atoms with Crippen LogP contribution in [-0.4, -0.2) is 63.9 Å². The lowest BCUT2D eigenvalue weighted by molar-refractivity contribution is -0.127. The highest BCUT2D eigenvalue weighted by Crippen LogP contribution is 2.27. The Balaban J connectivity index is 1.39. The number of carbonyl (C=O) groups excluding carboxylic acids is 1. The van der Waals surface area contributed by atoms with Gasteiger partial charge < -0.3 is 14.4 Å². The van der Waals surface area contributed by atoms with Crippen molar-refractivity contribution in [3.63, 3.8) is 0 Å². The topological polar surface area (TPSA) is 76.2 Å². The second-order valence-electron chi connectivity index (χ2n) is 7.99. The number of methoxy groups -OCH3 is 2. The fourth-order valence-electron chi connectivity index (χ4n) is 4.21. The zero-order chi connectivity index (χ0) is 22.7. The number of aryl methyl sites for hydroxylation is 2. The molecule has 1 heterocycles. The van der Waals surface area contributed by atoms with E-state index in [1.807, 2.05) is 24.3 Å². The third kappa shape index (κ3) is 4.66. The summed E-state index contributed by atoms with van der Waals surface area (Å²) in [5.41, 5.74) is 3.17. The maximum absolute atomic E-state index is 13.1. The maximum Gasteiger partial charge on any atom is 0.246 e. The van der Waals surface area contributed by atoms with Crippen LogP contribution in [0.3, 0.4) is 0 Å². The molecule has 1 aliphatic carbocycles. The lowest BCUT2D eigenvalue weighted by Crippen LogP contribution is -2.50. The largest absolute Gasteiger partial charge is 0.497 e. The first-order valence-electron chi connectivity index (χ1n) is 10.7. The van der Waals surface area contributed by atoms with Crippen LogP contribution in [0, 0.1) is 0 Å². The molecule has 7 nitrogen and oxygen atoms in total. The molecule has 0 radical (unpaired) electrons. The summed E-state index contributed by atoms with van der Waals surface area (Å²) in [5, 5.41) is 0. The first kappa shape index (κ1) is 22.4. The molecule has 0 saturated carbocycles. The smallest absolute Gasteiger partial charge is 0.246 e. The molecule has 8 heteroatoms. The highest BCUT2D eigenvalue weighted by atomic mass is 32.2. The number of fused-ring (bicyclic) bond motifs is 1. The minimum atomic E-state index is -3.55. The van der Waals surface area contributed by atoms with Gasteiger partial charge in [0.15, 0.2) is 0 Å². The predicted octanol–water partition coefficient (Wildman–Crippen LogP) is 2.74. The Morgan fingerprint density at radius 2 is 1.56 bits per heavy atom. The van der Waals surface area contributed by atoms with E-state index in [0.717, 1.165) is 30.4 Å². The molecule has 0 bridgehead atoms. The van der Waals surface area contributed by atoms with Crippen LogP contribution >= 0.6 is 0 Å². The van der Waals surface area contributed by atoms with Gasteiger partial charge in [0.1, 0.15) is 11.5 Å². The van der Waals surface area contributed by atoms with Gasteiger partial charge in [-0.05, 0) is 66.3 Å². The second-order valence-corrected chi connectivity index (χ2v) is 9.93. The van der Waals surface area contributed by atoms with Crippen molar-refractivity contribution in [1.82, 2.24) is 9.21 Å². The summed E-state index contributed by atoms with van der Waals surface area (Å²) in [7, 11) is -0.408. The zero-order valence-corrected chi connectivity index (χ0v) is 19.2. The van der Waals surface area contributed by atoms with E-state index in [9.17, 15) is 13.2 Å². The van der Waals surface area contributed by atoms with Crippen molar-refractivity contribution in [2.24, 2.45) is 0 Å². The fourth-order valence-corrected chi connectivity index (χ4v) is 5.68. The Kier molecular flexibility index (Phi) is 6.53. The summed E-state index contributed by atoms with van der Waals surface area (Å²) in [6.45, 7) is 1.28. The highest BCUT2D eigenvalue weighted by molar-refractivity contribution is 7.89. The number of ether oxygens (including phenoxy) is 2. The predicted molar refractivity (Wildman–Crippen MR) is 122 cm³/mol. The van der Waals surface area contributed by atoms with Gasteiger partial charge in [-0.25, -0.2) is 8.42 Å². The normalized spacial score (nSPS) is 16.9. The molecule has 0 aromatic heterocycles. The van der Waals surface area contributed by atoms with E-state index in [0.29, 0.717) is 29.5 Å². The van der Waals surface area contributed by atoms with Gasteiger partial charge in [0.2, 0.25) is 15.9 Å². The van der Waals surface area contributed by atoms with E-state index in [1.54, 1.807) is 37.3 Å². The van der Waals surface area contributed by atoms with Crippen LogP contribution in [0.5, 0.6) is 11.5 Å². The number of carbonyl (C=O) groups is 1. The number of benzene rings is 2. The monoisotopic (exact) mass is 456 g/mol. The third-order valence-electron chi connectivity index (χ3n) is 6.05. The van der Waals surface area contributed by atoms with Crippen molar-refractivity contribution >= 4 is 22.0 Å². The van der Waals surface area contributed by atoms with Crippen molar-refractivity contribution < 1.29 is 22.7 Å². The van der Waals surface area contributed by atoms with Gasteiger partial charge in [-0.3, -0.25) is 4.79 Å². The summed E-state index contributed by atoms with van der Waals surface area (Å²) in [5.74, 6) is 1.13. The van der Waals surface area contributed by atoms with Crippen LogP contribution in [-0.2, 0) is 27.7 Å². The number of hydrogen-bond donors (Lipinski definition) is 0. The molecule has 1 aliphatic heterocycles. The summed E-state index contributed by atoms with van der Waals surface area (Å²) in [6.07, 6.45) is 6.24. The summed E-state index contributed by atoms with van der Waals surface area (Å²) in [4.78, 5) is 14.7. The summed E-state index contributed by atoms with van der Waals surface area (Å²) < 4.78 is 38.1. The Hall–Kier alpha value is -2.84. The first-order chi connectivity index (χ1) is 15.4. The van der Waals surface area contributed by atoms with E-state index < -0.39 is 10.0 Å². The van der Waals surface area contributed by atoms with Crippen LogP contribution in [0.4, 0.5) is 0 Å². The number of hydrogen-bond acceptors (Lipinski definition) is 5. The zero-order valence-electron chi connectivity index (χ0n) is 18.4. The Morgan fingerprint density at radius 1 is 0.906 bits per heavy atom. The molecule has 1 saturated heterocycles. The third-order valence-corrected chi connectivity index (χ3v) is 7.94. The van der Waals surface area contributed by atoms with Crippen LogP contribution in [0.15, 0.2) is 47.4 Å². The van der Waals surface area contributed by atoms with Gasteiger partial charge in [0.25, 0.3) is 0 Å². The molecule has 0 N–H and O–H groups in total. The van der Waals surface area contributed by atoms with Gasteiger partial charge in [0, 0.05) is 38.3 Å². The number of rotatable bonds is 6. The van der Waals surface area contributed by atoms with E-state index in [2.05, 4.69) is 0 Å². The lowest BCUT2D eigenvalue weighted by atomic mass is 10.1. The van der Waals surface area contributed by atoms with Crippen molar-refractivity contribution in [3.8, 4) is 11.5 Å². The maximum atomic E-state index is 13.1. The lowest BCUT2D eigenvalue weighted by Gasteiger charge is -2.33. The van der Waals surface area contributed by atoms with Crippen LogP contribution in [0.25, 0.3) is 6.08 Å². The van der Waals surface area contributed by atoms with E-state index in [1.165, 1.54) is 15.9 Å². The van der Waals surface area contributed by atoms with Gasteiger partial charge in [-0.2, -0.15) is 4.31 Å². The molecule has 0 atom stereocenters. The van der Waals surface area contributed by atoms with E-state index in [4.69, 9.17) is 9.47 Å². The molecule has 4 rings (SSSR count). The van der Waals surface area contributed by atoms with Crippen molar-refractivity contribution in [2.75, 3.05) is 40.4 Å². The Bertz CT molecular complexity index is 1110. The van der Waals surface area contributed by atoms with Crippen molar-refractivity contribution in [2.45, 2.75) is 24.2 Å². The molecule has 1 fully saturated rings. The number of piperazine rings is 1. The number of sulfonamides is 1. The Morgan fingerprint density at radius 3 is 2.22 bits per heavy atom. The quantitative estimate of drug-likeness (QED) is 0.625. The molecule has 2 aromatic carbocycles. The summed E-state index contributed by atoms with van der Waals surface area (Å²) in [6, 6.07) is 10.9. The van der Waals surface area contributed by atoms with E-state index >= 15 is 0 Å². The number of amides is 1. The van der Waals surface area contributed by atoms with Gasteiger partial charge in [-0.1, -0.05) is 6.07 Å². The highest BCUT2D eigenvalue weighted by Gasteiger charge is 2.30. The molecule has 32 heavy (non-hydrogen) atoms. The molecule has 170 valence electrons. The SMILES string of the molecule is COc1cc(/C=C/C(=O)N2CCN(S(=O)(=O)c3ccc4c(c3)CCC4)CC2)cc(OC)c1. The van der Waals surface area contributed by atoms with Crippen molar-refractivity contribution in [1.29, 1.82) is 0 Å². The van der Waals surface area contributed by atoms with Gasteiger partial charge in [0.05, 0.1) is 19.1 Å². The minimum Gasteiger partial charge on any atom is -0.497 e. The first-order valence-corrected chi connectivity index (χ1v) is 12.2. The fraction of sp³-hybridized carbons (Fsp3) is 0.375. The molecule has 2 aliphatic rings. The summed E-state index contributed by atoms with van der Waals surface area (Å²) >= 11 is 0. The second kappa shape index (κ2) is 9.34. The van der Waals surface area contributed by atoms with E-state index in [-0.39, 0.29) is 19.0 Å². The van der Waals surface area contributed by atoms with Crippen LogP contribution < -0.4 is 9.47 Å². The standard InChI is InChI=1S/C24H28N2O5S/c1-30-21-14-18(15-22(17-21)31-2)6-9-24(27)25-10-12-26(13-11-25)32(28,29)23-8-7-19-4-3-5-20(19)16-23/h6-9,14-17H,3-5,10-13H2,1-2H3/b9-6+. The van der Waals surface area contributed by atoms with Gasteiger partial charge >= 0.3 is 0 Å². The molecule has 0 unspecified atom stereocenters. The molecular formula is C24H28N2O5S. The molecule has 2 aromatic rings. The minimum absolute atomic E-state index is 0.152. The average molecular weight is 457 g/mol. The number of nitrogens with zero attached hydrogens (tertiary/aromatic N) is 2. The molecule has 1 amide bonds. The molecular weight excluding hydrogens is 428 g/mol. The Labute approximate surface area is 189 Å².